The van der Waals surface area contributed by atoms with Crippen LogP contribution in [0.3, 0.4) is 0 Å². The second kappa shape index (κ2) is 15.3. The number of ether oxygens (including phenoxy) is 2. The molecule has 9 nitrogen and oxygen atoms in total. The summed E-state index contributed by atoms with van der Waals surface area (Å²) < 4.78 is 10.6. The molecule has 0 radical (unpaired) electrons. The van der Waals surface area contributed by atoms with E-state index in [0.717, 1.165) is 11.1 Å². The van der Waals surface area contributed by atoms with E-state index < -0.39 is 41.5 Å². The van der Waals surface area contributed by atoms with Crippen LogP contribution in [0, 0.1) is 5.92 Å². The van der Waals surface area contributed by atoms with E-state index in [1.165, 1.54) is 0 Å². The molecular weight excluding hydrogens is 530 g/mol. The highest BCUT2D eigenvalue weighted by atomic mass is 32.2. The number of thioether (sulfide) groups is 1. The Morgan fingerprint density at radius 2 is 1.48 bits per heavy atom. The van der Waals surface area contributed by atoms with Crippen molar-refractivity contribution in [1.29, 1.82) is 0 Å². The van der Waals surface area contributed by atoms with E-state index in [0.29, 0.717) is 24.3 Å². The predicted octanol–water partition coefficient (Wildman–Crippen LogP) is 3.61. The summed E-state index contributed by atoms with van der Waals surface area (Å²) in [7, 11) is 0. The Hall–Kier alpha value is -3.53. The smallest absolute Gasteiger partial charge is 0.408 e. The van der Waals surface area contributed by atoms with Crippen LogP contribution < -0.4 is 16.0 Å². The first-order chi connectivity index (χ1) is 19.2. The fourth-order valence-corrected chi connectivity index (χ4v) is 5.64. The number of carbonyl (C=O) groups is 4. The van der Waals surface area contributed by atoms with E-state index in [1.54, 1.807) is 18.7 Å². The van der Waals surface area contributed by atoms with Crippen LogP contribution in [0.4, 0.5) is 4.79 Å². The fraction of sp³-hybridized carbons (Fsp3) is 0.467. The van der Waals surface area contributed by atoms with Crippen molar-refractivity contribution in [1.82, 2.24) is 16.0 Å². The van der Waals surface area contributed by atoms with Crippen LogP contribution in [0.25, 0.3) is 0 Å². The van der Waals surface area contributed by atoms with Gasteiger partial charge in [0.15, 0.2) is 0 Å². The van der Waals surface area contributed by atoms with Crippen LogP contribution in [-0.2, 0) is 36.9 Å². The van der Waals surface area contributed by atoms with Crippen LogP contribution in [0.2, 0.25) is 0 Å². The first-order valence-corrected chi connectivity index (χ1v) is 14.8. The minimum Gasteiger partial charge on any atom is -0.464 e. The normalized spacial score (nSPS) is 15.8. The minimum atomic E-state index is -1.23. The van der Waals surface area contributed by atoms with Crippen molar-refractivity contribution < 1.29 is 28.7 Å². The molecule has 0 aliphatic carbocycles. The van der Waals surface area contributed by atoms with E-state index >= 15 is 0 Å². The third-order valence-electron chi connectivity index (χ3n) is 6.74. The highest BCUT2D eigenvalue weighted by Crippen LogP contribution is 2.28. The van der Waals surface area contributed by atoms with Crippen LogP contribution in [0.5, 0.6) is 0 Å². The Morgan fingerprint density at radius 1 is 0.875 bits per heavy atom. The van der Waals surface area contributed by atoms with E-state index in [-0.39, 0.29) is 25.6 Å². The molecular formula is C30H39N3O6S. The highest BCUT2D eigenvalue weighted by molar-refractivity contribution is 7.99. The van der Waals surface area contributed by atoms with Crippen LogP contribution in [0.15, 0.2) is 60.7 Å². The van der Waals surface area contributed by atoms with Gasteiger partial charge in [0, 0.05) is 6.42 Å². The number of alkyl carbamates (subject to hydrolysis) is 1. The van der Waals surface area contributed by atoms with Gasteiger partial charge in [-0.05, 0) is 48.3 Å². The maximum Gasteiger partial charge on any atom is 0.408 e. The summed E-state index contributed by atoms with van der Waals surface area (Å²) in [6.45, 7) is 5.58. The molecule has 2 aromatic carbocycles. The van der Waals surface area contributed by atoms with Crippen molar-refractivity contribution in [2.75, 3.05) is 18.1 Å². The van der Waals surface area contributed by atoms with Crippen molar-refractivity contribution in [3.63, 3.8) is 0 Å². The summed E-state index contributed by atoms with van der Waals surface area (Å²) in [5, 5.41) is 8.47. The average molecular weight is 570 g/mol. The van der Waals surface area contributed by atoms with Gasteiger partial charge in [0.25, 0.3) is 0 Å². The molecule has 2 aromatic rings. The quantitative estimate of drug-likeness (QED) is 0.334. The Bertz CT molecular complexity index is 1120. The van der Waals surface area contributed by atoms with Gasteiger partial charge < -0.3 is 25.4 Å². The Balaban J connectivity index is 1.72. The van der Waals surface area contributed by atoms with Gasteiger partial charge in [-0.2, -0.15) is 11.8 Å². The summed E-state index contributed by atoms with van der Waals surface area (Å²) in [4.78, 5) is 52.6. The third kappa shape index (κ3) is 9.01. The number of carbonyl (C=O) groups excluding carboxylic acids is 4. The number of amides is 3. The van der Waals surface area contributed by atoms with Gasteiger partial charge in [0.1, 0.15) is 24.2 Å². The number of hydrogen-bond donors (Lipinski definition) is 3. The molecule has 2 atom stereocenters. The third-order valence-corrected chi connectivity index (χ3v) is 7.72. The molecule has 3 N–H and O–H groups in total. The maximum absolute atomic E-state index is 13.8. The maximum atomic E-state index is 13.8. The number of esters is 1. The van der Waals surface area contributed by atoms with Gasteiger partial charge in [-0.1, -0.05) is 74.5 Å². The van der Waals surface area contributed by atoms with Crippen molar-refractivity contribution >= 4 is 35.6 Å². The van der Waals surface area contributed by atoms with Gasteiger partial charge in [0.05, 0.1) is 6.61 Å². The molecule has 3 rings (SSSR count). The lowest BCUT2D eigenvalue weighted by Crippen LogP contribution is -2.65. The molecule has 1 heterocycles. The lowest BCUT2D eigenvalue weighted by molar-refractivity contribution is -0.148. The summed E-state index contributed by atoms with van der Waals surface area (Å²) in [5.74, 6) is -0.402. The first-order valence-electron chi connectivity index (χ1n) is 13.6. The van der Waals surface area contributed by atoms with Crippen molar-refractivity contribution in [3.05, 3.63) is 71.8 Å². The summed E-state index contributed by atoms with van der Waals surface area (Å²) in [6.07, 6.45) is 0.312. The Morgan fingerprint density at radius 3 is 2.05 bits per heavy atom. The minimum absolute atomic E-state index is 0.0688. The number of benzene rings is 2. The van der Waals surface area contributed by atoms with Gasteiger partial charge in [-0.3, -0.25) is 9.59 Å². The molecule has 0 unspecified atom stereocenters. The lowest BCUT2D eigenvalue weighted by Gasteiger charge is -2.38. The van der Waals surface area contributed by atoms with Gasteiger partial charge >= 0.3 is 12.1 Å². The van der Waals surface area contributed by atoms with Crippen molar-refractivity contribution in [2.24, 2.45) is 5.92 Å². The molecule has 0 aromatic heterocycles. The molecule has 10 heteroatoms. The summed E-state index contributed by atoms with van der Waals surface area (Å²) >= 11 is 1.69. The van der Waals surface area contributed by atoms with Crippen LogP contribution >= 0.6 is 11.8 Å². The second-order valence-electron chi connectivity index (χ2n) is 10.1. The first kappa shape index (κ1) is 31.0. The number of rotatable bonds is 12. The fourth-order valence-electron chi connectivity index (χ4n) is 4.45. The zero-order chi connectivity index (χ0) is 29.0. The topological polar surface area (TPSA) is 123 Å². The number of hydrogen-bond acceptors (Lipinski definition) is 7. The van der Waals surface area contributed by atoms with E-state index in [4.69, 9.17) is 9.47 Å². The Kier molecular flexibility index (Phi) is 11.9. The SMILES string of the molecule is CCOC(=O)[C@H](Cc1ccccc1)NC(=O)C1(NC(=O)[C@@H](NC(=O)OCc2ccccc2)C(C)C)CCSCC1. The number of nitrogens with one attached hydrogen (secondary N) is 3. The second-order valence-corrected chi connectivity index (χ2v) is 11.3. The molecule has 0 bridgehead atoms. The summed E-state index contributed by atoms with van der Waals surface area (Å²) in [6, 6.07) is 16.8. The predicted molar refractivity (Wildman–Crippen MR) is 155 cm³/mol. The molecule has 40 heavy (non-hydrogen) atoms. The molecule has 1 saturated heterocycles. The largest absolute Gasteiger partial charge is 0.464 e. The van der Waals surface area contributed by atoms with Gasteiger partial charge in [0.2, 0.25) is 11.8 Å². The lowest BCUT2D eigenvalue weighted by atomic mass is 9.89. The molecule has 216 valence electrons. The molecule has 1 aliphatic rings. The molecule has 1 fully saturated rings. The zero-order valence-electron chi connectivity index (χ0n) is 23.3. The van der Waals surface area contributed by atoms with Crippen molar-refractivity contribution in [3.8, 4) is 0 Å². The van der Waals surface area contributed by atoms with Crippen LogP contribution in [0.1, 0.15) is 44.7 Å². The van der Waals surface area contributed by atoms with Crippen LogP contribution in [-0.4, -0.2) is 59.6 Å². The van der Waals surface area contributed by atoms with Crippen molar-refractivity contribution in [2.45, 2.75) is 64.3 Å². The standard InChI is InChI=1S/C30H39N3O6S/c1-4-38-27(35)24(19-22-11-7-5-8-12-22)31-28(36)30(15-17-40-18-16-30)33-26(34)25(21(2)3)32-29(37)39-20-23-13-9-6-10-14-23/h5-14,21,24-25H,4,15-20H2,1-3H3,(H,31,36)(H,32,37)(H,33,34)/t24-,25-/m0/s1. The molecule has 0 spiro atoms. The van der Waals surface area contributed by atoms with Gasteiger partial charge in [-0.25, -0.2) is 9.59 Å². The molecule has 1 aliphatic heterocycles. The molecule has 3 amide bonds. The molecule has 0 saturated carbocycles. The van der Waals surface area contributed by atoms with E-state index in [2.05, 4.69) is 16.0 Å². The summed E-state index contributed by atoms with van der Waals surface area (Å²) in [5.41, 5.74) is 0.466. The van der Waals surface area contributed by atoms with Gasteiger partial charge in [-0.15, -0.1) is 0 Å². The van der Waals surface area contributed by atoms with E-state index in [9.17, 15) is 19.2 Å². The van der Waals surface area contributed by atoms with E-state index in [1.807, 2.05) is 74.5 Å². The highest BCUT2D eigenvalue weighted by Gasteiger charge is 2.44. The Labute approximate surface area is 240 Å². The average Bonchev–Trinajstić information content (AvgIpc) is 2.96. The zero-order valence-corrected chi connectivity index (χ0v) is 24.1. The monoisotopic (exact) mass is 569 g/mol.